The molecule has 0 unspecified atom stereocenters. The monoisotopic (exact) mass is 650 g/mol. The number of carbonyl (C=O) groups is 5. The molecule has 0 atom stereocenters. The number of ether oxygens (including phenoxy) is 1. The van der Waals surface area contributed by atoms with Crippen LogP contribution < -0.4 is 5.32 Å². The van der Waals surface area contributed by atoms with Crippen molar-refractivity contribution < 1.29 is 33.8 Å². The molecule has 5 heterocycles. The van der Waals surface area contributed by atoms with Gasteiger partial charge in [-0.15, -0.1) is 0 Å². The fraction of sp³-hybridized carbons (Fsp3) is 0.200. The minimum atomic E-state index is -1.00. The van der Waals surface area contributed by atoms with Gasteiger partial charge in [0.1, 0.15) is 5.69 Å². The molecule has 5 aromatic heterocycles. The number of rotatable bonds is 7. The predicted octanol–water partition coefficient (Wildman–Crippen LogP) is 5.49. The highest BCUT2D eigenvalue weighted by Gasteiger charge is 2.26. The maximum atomic E-state index is 11.9. The van der Waals surface area contributed by atoms with Gasteiger partial charge in [0.15, 0.2) is 5.78 Å². The van der Waals surface area contributed by atoms with Gasteiger partial charge < -0.3 is 15.2 Å². The number of aromatic nitrogens is 5. The molecule has 0 spiro atoms. The molecular formula is C35H34N6O7. The number of Topliss-reactive ketones (excluding diaryl/α,β-unsaturated/α-hetero) is 2. The summed E-state index contributed by atoms with van der Waals surface area (Å²) in [4.78, 5) is 77.4. The molecule has 1 amide bonds. The number of nitrogens with one attached hydrogen (secondary N) is 1. The number of anilines is 1. The van der Waals surface area contributed by atoms with Gasteiger partial charge in [0.2, 0.25) is 5.91 Å². The van der Waals surface area contributed by atoms with Crippen LogP contribution >= 0.6 is 0 Å². The van der Waals surface area contributed by atoms with E-state index in [4.69, 9.17) is 0 Å². The smallest absolute Gasteiger partial charge is 0.379 e. The molecule has 13 heteroatoms. The summed E-state index contributed by atoms with van der Waals surface area (Å²) in [6.07, 6.45) is 9.01. The Morgan fingerprint density at radius 2 is 1.48 bits per heavy atom. The Labute approximate surface area is 276 Å². The Bertz CT molecular complexity index is 1910. The van der Waals surface area contributed by atoms with Gasteiger partial charge in [0.25, 0.3) is 5.78 Å². The van der Waals surface area contributed by atoms with Crippen LogP contribution in [-0.4, -0.2) is 66.0 Å². The van der Waals surface area contributed by atoms with E-state index in [2.05, 4.69) is 35.0 Å². The van der Waals surface area contributed by atoms with Crippen molar-refractivity contribution in [3.8, 4) is 11.4 Å². The first-order chi connectivity index (χ1) is 22.8. The number of hydrogen-bond donors (Lipinski definition) is 2. The van der Waals surface area contributed by atoms with Crippen molar-refractivity contribution >= 4 is 46.0 Å². The standard InChI is InChI=1S/C14H9N3O2.C14H18N2O4.C7H7NO/c18-14(19)9-7-13(12-3-1-2-5-16-12)17-11-4-6-15-8-10(9)11;1-5-20-12(18)11(17)9-8-15-7-6-10(9)16-13(19)14(2,3)4;1-6(9)7-4-2-3-5-8-7/h1-8H,(H,18,19);6-8H,5H2,1-4H3,(H,15,16,19);2-5H,1H3. The lowest BCUT2D eigenvalue weighted by atomic mass is 9.95. The fourth-order valence-electron chi connectivity index (χ4n) is 3.76. The van der Waals surface area contributed by atoms with Crippen molar-refractivity contribution in [3.05, 3.63) is 109 Å². The van der Waals surface area contributed by atoms with Crippen molar-refractivity contribution in [2.24, 2.45) is 5.41 Å². The topological polar surface area (TPSA) is 191 Å². The summed E-state index contributed by atoms with van der Waals surface area (Å²) < 4.78 is 4.66. The number of amides is 1. The summed E-state index contributed by atoms with van der Waals surface area (Å²) in [5.41, 5.74) is 2.13. The maximum Gasteiger partial charge on any atom is 0.379 e. The van der Waals surface area contributed by atoms with Gasteiger partial charge in [-0.3, -0.25) is 34.3 Å². The lowest BCUT2D eigenvalue weighted by molar-refractivity contribution is -0.137. The number of pyridine rings is 5. The van der Waals surface area contributed by atoms with Crippen LogP contribution in [-0.2, 0) is 14.3 Å². The Morgan fingerprint density at radius 1 is 0.812 bits per heavy atom. The van der Waals surface area contributed by atoms with Crippen LogP contribution in [0.1, 0.15) is 65.8 Å². The van der Waals surface area contributed by atoms with Gasteiger partial charge in [0.05, 0.1) is 40.3 Å². The SMILES string of the molecule is CC(=O)c1ccccn1.CCOC(=O)C(=O)c1cnccc1NC(=O)C(C)(C)C.O=C(O)c1cc(-c2ccccn2)nc2ccncc12. The zero-order valence-electron chi connectivity index (χ0n) is 27.0. The summed E-state index contributed by atoms with van der Waals surface area (Å²) in [7, 11) is 0. The summed E-state index contributed by atoms with van der Waals surface area (Å²) in [5, 5.41) is 12.4. The van der Waals surface area contributed by atoms with Crippen molar-refractivity contribution in [1.29, 1.82) is 0 Å². The number of ketones is 2. The first-order valence-corrected chi connectivity index (χ1v) is 14.6. The van der Waals surface area contributed by atoms with E-state index in [1.165, 1.54) is 37.6 Å². The quantitative estimate of drug-likeness (QED) is 0.128. The number of esters is 1. The molecule has 0 aliphatic heterocycles. The van der Waals surface area contributed by atoms with Gasteiger partial charge in [-0.2, -0.15) is 0 Å². The van der Waals surface area contributed by atoms with Gasteiger partial charge >= 0.3 is 11.9 Å². The summed E-state index contributed by atoms with van der Waals surface area (Å²) in [5.74, 6) is -3.05. The van der Waals surface area contributed by atoms with E-state index in [-0.39, 0.29) is 35.1 Å². The van der Waals surface area contributed by atoms with Gasteiger partial charge in [0, 0.05) is 54.9 Å². The molecule has 0 saturated carbocycles. The third-order valence-corrected chi connectivity index (χ3v) is 6.25. The number of carboxylic acid groups (broad SMARTS) is 1. The Morgan fingerprint density at radius 3 is 2.04 bits per heavy atom. The highest BCUT2D eigenvalue weighted by atomic mass is 16.5. The molecular weight excluding hydrogens is 616 g/mol. The normalized spacial score (nSPS) is 10.4. The molecule has 0 radical (unpaired) electrons. The van der Waals surface area contributed by atoms with Crippen molar-refractivity contribution in [2.75, 3.05) is 11.9 Å². The highest BCUT2D eigenvalue weighted by molar-refractivity contribution is 6.42. The van der Waals surface area contributed by atoms with E-state index in [9.17, 15) is 29.1 Å². The second-order valence-electron chi connectivity index (χ2n) is 10.9. The molecule has 5 aromatic rings. The first-order valence-electron chi connectivity index (χ1n) is 14.6. The van der Waals surface area contributed by atoms with E-state index >= 15 is 0 Å². The molecule has 0 fully saturated rings. The molecule has 0 aromatic carbocycles. The van der Waals surface area contributed by atoms with Crippen LogP contribution in [0.3, 0.4) is 0 Å². The Hall–Kier alpha value is -6.24. The molecule has 5 rings (SSSR count). The predicted molar refractivity (Wildman–Crippen MR) is 177 cm³/mol. The number of hydrogen-bond acceptors (Lipinski definition) is 11. The number of carboxylic acids is 1. The molecule has 0 aliphatic rings. The van der Waals surface area contributed by atoms with Crippen LogP contribution in [0, 0.1) is 5.41 Å². The number of fused-ring (bicyclic) bond motifs is 1. The average molecular weight is 651 g/mol. The fourth-order valence-corrected chi connectivity index (χ4v) is 3.76. The largest absolute Gasteiger partial charge is 0.478 e. The van der Waals surface area contributed by atoms with Gasteiger partial charge in [-0.1, -0.05) is 32.9 Å². The average Bonchev–Trinajstić information content (AvgIpc) is 3.08. The van der Waals surface area contributed by atoms with Crippen molar-refractivity contribution in [1.82, 2.24) is 24.9 Å². The molecule has 0 aliphatic carbocycles. The summed E-state index contributed by atoms with van der Waals surface area (Å²) in [6.45, 7) is 8.46. The van der Waals surface area contributed by atoms with E-state index in [1.807, 2.05) is 6.07 Å². The summed E-state index contributed by atoms with van der Waals surface area (Å²) in [6, 6.07) is 15.4. The van der Waals surface area contributed by atoms with E-state index in [0.29, 0.717) is 28.0 Å². The third-order valence-electron chi connectivity index (χ3n) is 6.25. The van der Waals surface area contributed by atoms with E-state index < -0.39 is 23.1 Å². The van der Waals surface area contributed by atoms with E-state index in [1.54, 1.807) is 82.7 Å². The second kappa shape index (κ2) is 16.9. The van der Waals surface area contributed by atoms with E-state index in [0.717, 1.165) is 0 Å². The number of nitrogens with zero attached hydrogens (tertiary/aromatic N) is 5. The lowest BCUT2D eigenvalue weighted by Crippen LogP contribution is -2.29. The zero-order chi connectivity index (χ0) is 35.3. The molecule has 0 saturated heterocycles. The molecule has 48 heavy (non-hydrogen) atoms. The molecule has 0 bridgehead atoms. The lowest BCUT2D eigenvalue weighted by Gasteiger charge is -2.18. The van der Waals surface area contributed by atoms with Crippen molar-refractivity contribution in [3.63, 3.8) is 0 Å². The third kappa shape index (κ3) is 10.1. The van der Waals surface area contributed by atoms with Crippen molar-refractivity contribution in [2.45, 2.75) is 34.6 Å². The van der Waals surface area contributed by atoms with Crippen LogP contribution in [0.5, 0.6) is 0 Å². The summed E-state index contributed by atoms with van der Waals surface area (Å²) >= 11 is 0. The maximum absolute atomic E-state index is 11.9. The zero-order valence-corrected chi connectivity index (χ0v) is 27.0. The van der Waals surface area contributed by atoms with Gasteiger partial charge in [-0.25, -0.2) is 14.6 Å². The minimum absolute atomic E-state index is 0.00981. The van der Waals surface area contributed by atoms with Crippen LogP contribution in [0.2, 0.25) is 0 Å². The minimum Gasteiger partial charge on any atom is -0.478 e. The Kier molecular flexibility index (Phi) is 12.8. The van der Waals surface area contributed by atoms with Crippen LogP contribution in [0.25, 0.3) is 22.3 Å². The molecule has 246 valence electrons. The highest BCUT2D eigenvalue weighted by Crippen LogP contribution is 2.23. The Balaban J connectivity index is 0.000000209. The molecule has 13 nitrogen and oxygen atoms in total. The van der Waals surface area contributed by atoms with Gasteiger partial charge in [-0.05, 0) is 49.4 Å². The first kappa shape index (κ1) is 36.2. The van der Waals surface area contributed by atoms with Crippen LogP contribution in [0.4, 0.5) is 5.69 Å². The molecule has 2 N–H and O–H groups in total. The number of carbonyl (C=O) groups excluding carboxylic acids is 4. The number of aromatic carboxylic acids is 1. The second-order valence-corrected chi connectivity index (χ2v) is 10.9. The van der Waals surface area contributed by atoms with Crippen LogP contribution in [0.15, 0.2) is 91.8 Å².